The van der Waals surface area contributed by atoms with Crippen LogP contribution in [0.15, 0.2) is 48.5 Å². The van der Waals surface area contributed by atoms with Gasteiger partial charge in [0.25, 0.3) is 0 Å². The van der Waals surface area contributed by atoms with Gasteiger partial charge >= 0.3 is 0 Å². The van der Waals surface area contributed by atoms with Crippen LogP contribution in [0, 0.1) is 0 Å². The van der Waals surface area contributed by atoms with Gasteiger partial charge < -0.3 is 8.97 Å². The molecule has 0 heterocycles. The zero-order valence-corrected chi connectivity index (χ0v) is 31.9. The van der Waals surface area contributed by atoms with Crippen molar-refractivity contribution in [1.29, 1.82) is 0 Å². The Morgan fingerprint density at radius 1 is 0.326 bits per heavy atom. The number of hydrogen-bond donors (Lipinski definition) is 0. The second kappa shape index (κ2) is 24.5. The third-order valence-corrected chi connectivity index (χ3v) is 10.6. The molecule has 0 radical (unpaired) electrons. The van der Waals surface area contributed by atoms with Crippen LogP contribution in [0.4, 0.5) is 0 Å². The summed E-state index contributed by atoms with van der Waals surface area (Å²) in [6.45, 7) is 16.8. The van der Waals surface area contributed by atoms with Crippen molar-refractivity contribution < 1.29 is 8.97 Å². The van der Waals surface area contributed by atoms with Crippen molar-refractivity contribution in [2.24, 2.45) is 0 Å². The molecule has 2 nitrogen and oxygen atoms in total. The summed E-state index contributed by atoms with van der Waals surface area (Å²) in [6.07, 6.45) is 27.5. The highest BCUT2D eigenvalue weighted by atomic mass is 15.3. The predicted octanol–water partition coefficient (Wildman–Crippen LogP) is 13.1. The summed E-state index contributed by atoms with van der Waals surface area (Å²) >= 11 is 0. The van der Waals surface area contributed by atoms with Crippen LogP contribution in [0.1, 0.15) is 167 Å². The zero-order chi connectivity index (χ0) is 33.4. The van der Waals surface area contributed by atoms with Crippen LogP contribution >= 0.6 is 0 Å². The molecular weight excluding hydrogens is 556 g/mol. The van der Waals surface area contributed by atoms with Gasteiger partial charge in [0.2, 0.25) is 0 Å². The van der Waals surface area contributed by atoms with Crippen molar-refractivity contribution in [2.45, 2.75) is 169 Å². The first-order valence-corrected chi connectivity index (χ1v) is 20.2. The maximum absolute atomic E-state index is 2.52. The molecule has 0 N–H and O–H groups in total. The Morgan fingerprint density at radius 2 is 0.565 bits per heavy atom. The highest BCUT2D eigenvalue weighted by molar-refractivity contribution is 5.63. The molecule has 0 spiro atoms. The Morgan fingerprint density at radius 3 is 0.848 bits per heavy atom. The van der Waals surface area contributed by atoms with Crippen molar-refractivity contribution in [3.05, 3.63) is 59.7 Å². The Bertz CT molecular complexity index is 898. The molecule has 2 heteroatoms. The summed E-state index contributed by atoms with van der Waals surface area (Å²) in [7, 11) is 5.04. The van der Waals surface area contributed by atoms with Gasteiger partial charge in [-0.05, 0) is 62.5 Å². The molecule has 2 aromatic carbocycles. The minimum absolute atomic E-state index is 1.16. The molecule has 46 heavy (non-hydrogen) atoms. The third-order valence-electron chi connectivity index (χ3n) is 10.6. The molecule has 0 saturated heterocycles. The van der Waals surface area contributed by atoms with Crippen LogP contribution in [0.3, 0.4) is 0 Å². The first-order chi connectivity index (χ1) is 22.4. The van der Waals surface area contributed by atoms with Gasteiger partial charge in [0.15, 0.2) is 0 Å². The maximum atomic E-state index is 2.52. The highest BCUT2D eigenvalue weighted by Gasteiger charge is 2.23. The number of quaternary nitrogens is 2. The molecule has 262 valence electrons. The van der Waals surface area contributed by atoms with Crippen molar-refractivity contribution in [3.8, 4) is 11.1 Å². The normalized spacial score (nSPS) is 14.3. The van der Waals surface area contributed by atoms with Crippen LogP contribution in [0.5, 0.6) is 0 Å². The van der Waals surface area contributed by atoms with Crippen molar-refractivity contribution in [1.82, 2.24) is 0 Å². The largest absolute Gasteiger partial charge is 0.322 e. The monoisotopic (exact) mass is 635 g/mol. The number of rotatable bonds is 29. The lowest BCUT2D eigenvalue weighted by Crippen LogP contribution is -2.44. The number of benzene rings is 2. The summed E-state index contributed by atoms with van der Waals surface area (Å²) in [4.78, 5) is 0. The highest BCUT2D eigenvalue weighted by Crippen LogP contribution is 2.25. The molecule has 0 fully saturated rings. The molecule has 0 aliphatic heterocycles. The lowest BCUT2D eigenvalue weighted by atomic mass is 10.0. The van der Waals surface area contributed by atoms with E-state index in [1.165, 1.54) is 186 Å². The second-order valence-electron chi connectivity index (χ2n) is 15.5. The van der Waals surface area contributed by atoms with E-state index < -0.39 is 0 Å². The summed E-state index contributed by atoms with van der Waals surface area (Å²) < 4.78 is 2.39. The van der Waals surface area contributed by atoms with Gasteiger partial charge in [0, 0.05) is 11.1 Å². The molecule has 0 aliphatic carbocycles. The summed E-state index contributed by atoms with van der Waals surface area (Å²) in [5.74, 6) is 0. The van der Waals surface area contributed by atoms with Gasteiger partial charge in [-0.1, -0.05) is 153 Å². The Balaban J connectivity index is 2.00. The number of nitrogens with zero attached hydrogens (tertiary/aromatic N) is 2. The van der Waals surface area contributed by atoms with E-state index in [-0.39, 0.29) is 0 Å². The van der Waals surface area contributed by atoms with E-state index in [0.29, 0.717) is 0 Å². The second-order valence-corrected chi connectivity index (χ2v) is 15.5. The molecule has 0 amide bonds. The van der Waals surface area contributed by atoms with E-state index >= 15 is 0 Å². The molecule has 2 unspecified atom stereocenters. The molecule has 0 bridgehead atoms. The van der Waals surface area contributed by atoms with Crippen molar-refractivity contribution in [2.75, 3.05) is 40.3 Å². The van der Waals surface area contributed by atoms with E-state index in [2.05, 4.69) is 90.3 Å². The number of unbranched alkanes of at least 4 members (excludes halogenated alkanes) is 16. The number of hydrogen-bond acceptors (Lipinski definition) is 0. The van der Waals surface area contributed by atoms with Crippen molar-refractivity contribution in [3.63, 3.8) is 0 Å². The molecule has 0 saturated carbocycles. The van der Waals surface area contributed by atoms with Crippen LogP contribution in [-0.2, 0) is 13.1 Å². The molecular formula is C44H78N2+2. The average molecular weight is 635 g/mol. The van der Waals surface area contributed by atoms with Gasteiger partial charge in [-0.2, -0.15) is 0 Å². The predicted molar refractivity (Wildman–Crippen MR) is 206 cm³/mol. The molecule has 2 atom stereocenters. The van der Waals surface area contributed by atoms with Gasteiger partial charge in [-0.25, -0.2) is 0 Å². The standard InChI is InChI=1S/C44H78N2/c1-7-11-15-19-21-25-37-45(5,35-23-17-13-9-3)39-41-27-31-43(32-28-41)44-33-29-42(30-34-44)40-46(6,36-24-18-14-10-4)38-26-22-20-16-12-8-2/h27-34H,7-26,35-40H2,1-6H3/q+2. The van der Waals surface area contributed by atoms with Crippen LogP contribution in [0.25, 0.3) is 11.1 Å². The molecule has 2 rings (SSSR count). The van der Waals surface area contributed by atoms with Crippen LogP contribution < -0.4 is 0 Å². The van der Waals surface area contributed by atoms with Crippen molar-refractivity contribution >= 4 is 0 Å². The van der Waals surface area contributed by atoms with E-state index in [9.17, 15) is 0 Å². The summed E-state index contributed by atoms with van der Waals surface area (Å²) in [5, 5.41) is 0. The fourth-order valence-electron chi connectivity index (χ4n) is 7.41. The quantitative estimate of drug-likeness (QED) is 0.0617. The Kier molecular flexibility index (Phi) is 21.6. The van der Waals surface area contributed by atoms with Gasteiger partial charge in [-0.3, -0.25) is 0 Å². The molecule has 0 aliphatic rings. The summed E-state index contributed by atoms with van der Waals surface area (Å²) in [5.41, 5.74) is 5.70. The first kappa shape index (κ1) is 40.5. The van der Waals surface area contributed by atoms with Gasteiger partial charge in [-0.15, -0.1) is 0 Å². The van der Waals surface area contributed by atoms with Crippen LogP contribution in [-0.4, -0.2) is 49.2 Å². The lowest BCUT2D eigenvalue weighted by Gasteiger charge is -2.35. The Labute approximate surface area is 288 Å². The molecule has 0 aromatic heterocycles. The van der Waals surface area contributed by atoms with Gasteiger partial charge in [0.1, 0.15) is 13.1 Å². The van der Waals surface area contributed by atoms with E-state index in [1.807, 2.05) is 0 Å². The van der Waals surface area contributed by atoms with Gasteiger partial charge in [0.05, 0.1) is 40.3 Å². The first-order valence-electron chi connectivity index (χ1n) is 20.2. The van der Waals surface area contributed by atoms with E-state index in [0.717, 1.165) is 13.1 Å². The smallest absolute Gasteiger partial charge is 0.104 e. The van der Waals surface area contributed by atoms with Crippen LogP contribution in [0.2, 0.25) is 0 Å². The third kappa shape index (κ3) is 17.5. The SMILES string of the molecule is CCCCCCCC[N+](C)(CCCCCC)Cc1ccc(-c2ccc(C[N+](C)(CCCCCC)CCCCCCCC)cc2)cc1. The molecule has 2 aromatic rings. The summed E-state index contributed by atoms with van der Waals surface area (Å²) in [6, 6.07) is 19.2. The fourth-order valence-corrected chi connectivity index (χ4v) is 7.41. The lowest BCUT2D eigenvalue weighted by molar-refractivity contribution is -0.923. The minimum atomic E-state index is 1.16. The fraction of sp³-hybridized carbons (Fsp3) is 0.727. The minimum Gasteiger partial charge on any atom is -0.322 e. The topological polar surface area (TPSA) is 0 Å². The average Bonchev–Trinajstić information content (AvgIpc) is 3.06. The zero-order valence-electron chi connectivity index (χ0n) is 31.9. The van der Waals surface area contributed by atoms with E-state index in [1.54, 1.807) is 0 Å². The Hall–Kier alpha value is -1.64. The maximum Gasteiger partial charge on any atom is 0.104 e. The van der Waals surface area contributed by atoms with E-state index in [4.69, 9.17) is 0 Å².